The second kappa shape index (κ2) is 7.27. The van der Waals surface area contributed by atoms with Gasteiger partial charge >= 0.3 is 5.97 Å². The first-order valence-corrected chi connectivity index (χ1v) is 5.93. The van der Waals surface area contributed by atoms with Crippen LogP contribution >= 0.6 is 0 Å². The smallest absolute Gasteiger partial charge is 0.320 e. The van der Waals surface area contributed by atoms with Gasteiger partial charge in [-0.05, 0) is 27.7 Å². The van der Waals surface area contributed by atoms with Crippen molar-refractivity contribution in [3.63, 3.8) is 0 Å². The highest BCUT2D eigenvalue weighted by atomic mass is 16.5. The molecule has 0 heterocycles. The topological polar surface area (TPSA) is 49.9 Å². The molecule has 0 bridgehead atoms. The molecule has 0 aromatic carbocycles. The molecule has 17 heavy (non-hydrogen) atoms. The van der Waals surface area contributed by atoms with Crippen LogP contribution in [0, 0.1) is 0 Å². The molecule has 5 nitrogen and oxygen atoms in total. The quantitative estimate of drug-likeness (QED) is 0.647. The Bertz CT molecular complexity index is 264. The van der Waals surface area contributed by atoms with Crippen LogP contribution in [0.15, 0.2) is 0 Å². The first-order valence-electron chi connectivity index (χ1n) is 5.93. The predicted octanol–water partition coefficient (Wildman–Crippen LogP) is 0.737. The number of hydrogen-bond acceptors (Lipinski definition) is 4. The summed E-state index contributed by atoms with van der Waals surface area (Å²) >= 11 is 0. The monoisotopic (exact) mass is 244 g/mol. The zero-order chi connectivity index (χ0) is 13.6. The van der Waals surface area contributed by atoms with Crippen molar-refractivity contribution >= 4 is 11.9 Å². The fourth-order valence-corrected chi connectivity index (χ4v) is 1.64. The summed E-state index contributed by atoms with van der Waals surface area (Å²) in [6, 6.07) is -0.215. The molecular weight excluding hydrogens is 220 g/mol. The van der Waals surface area contributed by atoms with Gasteiger partial charge in [0.25, 0.3) is 0 Å². The van der Waals surface area contributed by atoms with Crippen molar-refractivity contribution in [2.75, 3.05) is 27.2 Å². The van der Waals surface area contributed by atoms with Gasteiger partial charge in [-0.2, -0.15) is 0 Å². The Labute approximate surface area is 104 Å². The third kappa shape index (κ3) is 5.17. The Morgan fingerprint density at radius 1 is 1.18 bits per heavy atom. The molecule has 0 radical (unpaired) electrons. The summed E-state index contributed by atoms with van der Waals surface area (Å²) < 4.78 is 4.91. The minimum Gasteiger partial charge on any atom is -0.465 e. The Morgan fingerprint density at radius 3 is 2.06 bits per heavy atom. The highest BCUT2D eigenvalue weighted by molar-refractivity contribution is 5.82. The number of likely N-dealkylation sites (N-methyl/N-ethyl adjacent to an activating group) is 1. The van der Waals surface area contributed by atoms with Gasteiger partial charge in [-0.25, -0.2) is 0 Å². The summed E-state index contributed by atoms with van der Waals surface area (Å²) in [5.74, 6) is -0.303. The maximum atomic E-state index is 11.9. The molecule has 0 aromatic rings. The Hall–Kier alpha value is -1.10. The molecule has 0 N–H and O–H groups in total. The lowest BCUT2D eigenvalue weighted by Crippen LogP contribution is -2.49. The molecule has 0 aliphatic rings. The average Bonchev–Trinajstić information content (AvgIpc) is 2.23. The Kier molecular flexibility index (Phi) is 6.80. The van der Waals surface area contributed by atoms with E-state index in [1.165, 1.54) is 4.90 Å². The zero-order valence-electron chi connectivity index (χ0n) is 11.7. The lowest BCUT2D eigenvalue weighted by atomic mass is 10.2. The van der Waals surface area contributed by atoms with Crippen LogP contribution in [0.5, 0.6) is 0 Å². The van der Waals surface area contributed by atoms with Crippen molar-refractivity contribution in [1.82, 2.24) is 9.80 Å². The van der Waals surface area contributed by atoms with E-state index in [9.17, 15) is 9.59 Å². The molecule has 100 valence electrons. The molecule has 1 atom stereocenters. The standard InChI is InChI=1S/C12H24N2O3/c1-7-17-11(15)8-14(9(2)3)10(4)12(16)13(5)6/h9-10H,7-8H2,1-6H3. The maximum Gasteiger partial charge on any atom is 0.320 e. The first kappa shape index (κ1) is 15.9. The molecule has 0 aliphatic heterocycles. The van der Waals surface area contributed by atoms with Crippen LogP contribution in [-0.4, -0.2) is 61.0 Å². The highest BCUT2D eigenvalue weighted by Crippen LogP contribution is 2.07. The largest absolute Gasteiger partial charge is 0.465 e. The molecule has 5 heteroatoms. The molecule has 0 saturated carbocycles. The molecule has 0 spiro atoms. The molecule has 0 rings (SSSR count). The number of carbonyl (C=O) groups excluding carboxylic acids is 2. The van der Waals surface area contributed by atoms with Crippen LogP contribution in [0.25, 0.3) is 0 Å². The molecule has 1 unspecified atom stereocenters. The minimum absolute atomic E-state index is 0.0111. The van der Waals surface area contributed by atoms with E-state index in [0.29, 0.717) is 6.61 Å². The summed E-state index contributed by atoms with van der Waals surface area (Å²) in [5, 5.41) is 0. The van der Waals surface area contributed by atoms with Crippen LogP contribution < -0.4 is 0 Å². The van der Waals surface area contributed by atoms with Gasteiger partial charge in [-0.3, -0.25) is 14.5 Å². The summed E-state index contributed by atoms with van der Waals surface area (Å²) in [5.41, 5.74) is 0. The number of rotatable bonds is 6. The van der Waals surface area contributed by atoms with Crippen LogP contribution in [0.1, 0.15) is 27.7 Å². The van der Waals surface area contributed by atoms with Gasteiger partial charge in [-0.15, -0.1) is 0 Å². The lowest BCUT2D eigenvalue weighted by Gasteiger charge is -2.32. The summed E-state index contributed by atoms with van der Waals surface area (Å²) in [4.78, 5) is 26.7. The van der Waals surface area contributed by atoms with E-state index < -0.39 is 0 Å². The molecule has 0 fully saturated rings. The molecule has 1 amide bonds. The number of carbonyl (C=O) groups is 2. The van der Waals surface area contributed by atoms with Crippen molar-refractivity contribution in [2.24, 2.45) is 0 Å². The molecule has 0 saturated heterocycles. The summed E-state index contributed by atoms with van der Waals surface area (Å²) in [6.07, 6.45) is 0. The van der Waals surface area contributed by atoms with Gasteiger partial charge in [0.05, 0.1) is 19.2 Å². The number of hydrogen-bond donors (Lipinski definition) is 0. The van der Waals surface area contributed by atoms with E-state index in [1.54, 1.807) is 21.0 Å². The first-order chi connectivity index (χ1) is 7.81. The van der Waals surface area contributed by atoms with Crippen molar-refractivity contribution in [2.45, 2.75) is 39.8 Å². The number of nitrogens with zero attached hydrogens (tertiary/aromatic N) is 2. The van der Waals surface area contributed by atoms with Gasteiger partial charge in [0, 0.05) is 20.1 Å². The van der Waals surface area contributed by atoms with E-state index in [0.717, 1.165) is 0 Å². The fraction of sp³-hybridized carbons (Fsp3) is 0.833. The number of esters is 1. The van der Waals surface area contributed by atoms with Crippen LogP contribution in [-0.2, 0) is 14.3 Å². The predicted molar refractivity (Wildman–Crippen MR) is 66.6 cm³/mol. The molecular formula is C12H24N2O3. The minimum atomic E-state index is -0.325. The summed E-state index contributed by atoms with van der Waals surface area (Å²) in [6.45, 7) is 8.00. The second-order valence-electron chi connectivity index (χ2n) is 4.48. The van der Waals surface area contributed by atoms with Crippen molar-refractivity contribution in [3.05, 3.63) is 0 Å². The van der Waals surface area contributed by atoms with Gasteiger partial charge < -0.3 is 9.64 Å². The van der Waals surface area contributed by atoms with Crippen LogP contribution in [0.3, 0.4) is 0 Å². The van der Waals surface area contributed by atoms with Gasteiger partial charge in [0.15, 0.2) is 0 Å². The number of ether oxygens (including phenoxy) is 1. The van der Waals surface area contributed by atoms with E-state index in [2.05, 4.69) is 0 Å². The molecule has 0 aromatic heterocycles. The van der Waals surface area contributed by atoms with Crippen molar-refractivity contribution in [3.8, 4) is 0 Å². The van der Waals surface area contributed by atoms with Gasteiger partial charge in [0.1, 0.15) is 0 Å². The van der Waals surface area contributed by atoms with Gasteiger partial charge in [-0.1, -0.05) is 0 Å². The Morgan fingerprint density at radius 2 is 1.71 bits per heavy atom. The SMILES string of the molecule is CCOC(=O)CN(C(C)C)C(C)C(=O)N(C)C. The second-order valence-corrected chi connectivity index (χ2v) is 4.48. The van der Waals surface area contributed by atoms with E-state index >= 15 is 0 Å². The van der Waals surface area contributed by atoms with Gasteiger partial charge in [0.2, 0.25) is 5.91 Å². The fourth-order valence-electron chi connectivity index (χ4n) is 1.64. The van der Waals surface area contributed by atoms with E-state index in [-0.39, 0.29) is 30.5 Å². The van der Waals surface area contributed by atoms with Crippen molar-refractivity contribution < 1.29 is 14.3 Å². The number of amides is 1. The zero-order valence-corrected chi connectivity index (χ0v) is 11.7. The summed E-state index contributed by atoms with van der Waals surface area (Å²) in [7, 11) is 3.42. The van der Waals surface area contributed by atoms with E-state index in [4.69, 9.17) is 4.74 Å². The molecule has 0 aliphatic carbocycles. The van der Waals surface area contributed by atoms with E-state index in [1.807, 2.05) is 25.7 Å². The van der Waals surface area contributed by atoms with Crippen LogP contribution in [0.2, 0.25) is 0 Å². The highest BCUT2D eigenvalue weighted by Gasteiger charge is 2.26. The third-order valence-electron chi connectivity index (χ3n) is 2.58. The average molecular weight is 244 g/mol. The third-order valence-corrected chi connectivity index (χ3v) is 2.58. The maximum absolute atomic E-state index is 11.9. The van der Waals surface area contributed by atoms with Crippen molar-refractivity contribution in [1.29, 1.82) is 0 Å². The van der Waals surface area contributed by atoms with Crippen LogP contribution in [0.4, 0.5) is 0 Å². The lowest BCUT2D eigenvalue weighted by molar-refractivity contribution is -0.147. The Balaban J connectivity index is 4.63. The normalized spacial score (nSPS) is 12.7.